The quantitative estimate of drug-likeness (QED) is 0.273. The molecule has 0 aliphatic rings. The van der Waals surface area contributed by atoms with E-state index in [9.17, 15) is 0 Å². The van der Waals surface area contributed by atoms with Gasteiger partial charge in [-0.1, -0.05) is 43.0 Å². The Balaban J connectivity index is 1.73. The molecule has 0 aromatic heterocycles. The molecule has 154 valence electrons. The molecule has 3 rings (SSSR count). The summed E-state index contributed by atoms with van der Waals surface area (Å²) in [6.07, 6.45) is 1.72. The molecule has 0 aliphatic heterocycles. The summed E-state index contributed by atoms with van der Waals surface area (Å²) in [6.45, 7) is 7.32. The van der Waals surface area contributed by atoms with Gasteiger partial charge in [-0.25, -0.2) is 4.99 Å². The molecule has 3 aromatic rings. The highest BCUT2D eigenvalue weighted by atomic mass is 16.5. The van der Waals surface area contributed by atoms with E-state index in [0.717, 1.165) is 28.4 Å². The molecular formula is C25H27N3O2. The average molecular weight is 402 g/mol. The van der Waals surface area contributed by atoms with Gasteiger partial charge in [-0.15, -0.1) is 0 Å². The first-order valence-corrected chi connectivity index (χ1v) is 9.96. The minimum Gasteiger partial charge on any atom is -0.494 e. The maximum absolute atomic E-state index is 5.54. The minimum atomic E-state index is 0.482. The second-order valence-corrected chi connectivity index (χ2v) is 6.48. The predicted octanol–water partition coefficient (Wildman–Crippen LogP) is 5.73. The number of benzene rings is 3. The van der Waals surface area contributed by atoms with Crippen molar-refractivity contribution in [2.24, 2.45) is 4.99 Å². The Morgan fingerprint density at radius 3 is 1.93 bits per heavy atom. The van der Waals surface area contributed by atoms with E-state index in [1.54, 1.807) is 6.08 Å². The summed E-state index contributed by atoms with van der Waals surface area (Å²) in [4.78, 5) is 4.73. The molecule has 0 bridgehead atoms. The zero-order valence-corrected chi connectivity index (χ0v) is 17.2. The average Bonchev–Trinajstić information content (AvgIpc) is 2.79. The van der Waals surface area contributed by atoms with Crippen LogP contribution in [0.25, 0.3) is 0 Å². The van der Waals surface area contributed by atoms with Crippen molar-refractivity contribution in [3.8, 4) is 11.5 Å². The van der Waals surface area contributed by atoms with Crippen LogP contribution >= 0.6 is 0 Å². The van der Waals surface area contributed by atoms with Crippen LogP contribution < -0.4 is 20.1 Å². The zero-order valence-electron chi connectivity index (χ0n) is 17.2. The molecule has 2 N–H and O–H groups in total. The first kappa shape index (κ1) is 21.0. The van der Waals surface area contributed by atoms with Gasteiger partial charge >= 0.3 is 0 Å². The molecule has 0 saturated carbocycles. The second kappa shape index (κ2) is 11.3. The van der Waals surface area contributed by atoms with Crippen molar-refractivity contribution in [2.45, 2.75) is 13.5 Å². The fourth-order valence-electron chi connectivity index (χ4n) is 2.73. The summed E-state index contributed by atoms with van der Waals surface area (Å²) in [5.74, 6) is 2.29. The molecular weight excluding hydrogens is 374 g/mol. The fourth-order valence-corrected chi connectivity index (χ4v) is 2.73. The standard InChI is InChI=1S/C25H27N3O2/c1-3-18-30-24-16-12-22(13-17-24)28-25(26-19-20-8-6-5-7-9-20)27-21-10-14-23(15-11-21)29-4-2/h3,5-17H,1,4,18-19H2,2H3,(H2,26,27,28). The van der Waals surface area contributed by atoms with E-state index < -0.39 is 0 Å². The molecule has 0 radical (unpaired) electrons. The molecule has 0 spiro atoms. The van der Waals surface area contributed by atoms with Gasteiger partial charge in [-0.05, 0) is 61.0 Å². The van der Waals surface area contributed by atoms with E-state index in [2.05, 4.69) is 29.3 Å². The van der Waals surface area contributed by atoms with Crippen molar-refractivity contribution in [1.82, 2.24) is 0 Å². The van der Waals surface area contributed by atoms with Gasteiger partial charge in [0.25, 0.3) is 0 Å². The Labute approximate surface area is 178 Å². The second-order valence-electron chi connectivity index (χ2n) is 6.48. The molecule has 3 aromatic carbocycles. The van der Waals surface area contributed by atoms with Crippen LogP contribution in [0.15, 0.2) is 96.5 Å². The van der Waals surface area contributed by atoms with Gasteiger partial charge in [-0.2, -0.15) is 0 Å². The maximum atomic E-state index is 5.54. The SMILES string of the molecule is C=CCOc1ccc(NC(=NCc2ccccc2)Nc2ccc(OCC)cc2)cc1. The van der Waals surface area contributed by atoms with E-state index in [4.69, 9.17) is 14.5 Å². The lowest BCUT2D eigenvalue weighted by atomic mass is 10.2. The van der Waals surface area contributed by atoms with Gasteiger partial charge in [0.05, 0.1) is 13.2 Å². The Kier molecular flexibility index (Phi) is 7.92. The predicted molar refractivity (Wildman–Crippen MR) is 125 cm³/mol. The minimum absolute atomic E-state index is 0.482. The van der Waals surface area contributed by atoms with E-state index in [1.807, 2.05) is 73.7 Å². The summed E-state index contributed by atoms with van der Waals surface area (Å²) in [5.41, 5.74) is 2.97. The number of rotatable bonds is 9. The molecule has 30 heavy (non-hydrogen) atoms. The Morgan fingerprint density at radius 1 is 0.833 bits per heavy atom. The summed E-state index contributed by atoms with van der Waals surface area (Å²) < 4.78 is 11.1. The van der Waals surface area contributed by atoms with Crippen LogP contribution in [-0.4, -0.2) is 19.2 Å². The zero-order chi connectivity index (χ0) is 21.0. The highest BCUT2D eigenvalue weighted by molar-refractivity contribution is 6.03. The number of aliphatic imine (C=N–C) groups is 1. The molecule has 0 unspecified atom stereocenters. The topological polar surface area (TPSA) is 54.9 Å². The van der Waals surface area contributed by atoms with Crippen LogP contribution in [0.2, 0.25) is 0 Å². The van der Waals surface area contributed by atoms with Gasteiger partial charge in [0.2, 0.25) is 5.96 Å². The first-order valence-electron chi connectivity index (χ1n) is 9.96. The number of ether oxygens (including phenoxy) is 2. The third kappa shape index (κ3) is 6.71. The highest BCUT2D eigenvalue weighted by Crippen LogP contribution is 2.18. The van der Waals surface area contributed by atoms with Crippen molar-refractivity contribution in [2.75, 3.05) is 23.8 Å². The van der Waals surface area contributed by atoms with Gasteiger partial charge < -0.3 is 20.1 Å². The van der Waals surface area contributed by atoms with Crippen molar-refractivity contribution in [3.63, 3.8) is 0 Å². The molecule has 0 heterocycles. The highest BCUT2D eigenvalue weighted by Gasteiger charge is 2.04. The van der Waals surface area contributed by atoms with Gasteiger partial charge in [-0.3, -0.25) is 0 Å². The third-order valence-electron chi connectivity index (χ3n) is 4.18. The summed E-state index contributed by atoms with van der Waals surface area (Å²) in [5, 5.41) is 6.71. The van der Waals surface area contributed by atoms with Crippen LogP contribution in [0.4, 0.5) is 11.4 Å². The lowest BCUT2D eigenvalue weighted by Crippen LogP contribution is -2.22. The monoisotopic (exact) mass is 401 g/mol. The van der Waals surface area contributed by atoms with Crippen LogP contribution in [0.1, 0.15) is 12.5 Å². The molecule has 0 amide bonds. The summed E-state index contributed by atoms with van der Waals surface area (Å²) in [6, 6.07) is 25.7. The van der Waals surface area contributed by atoms with Crippen molar-refractivity contribution in [3.05, 3.63) is 97.1 Å². The number of anilines is 2. The lowest BCUT2D eigenvalue weighted by molar-refractivity contribution is 0.340. The van der Waals surface area contributed by atoms with Crippen LogP contribution in [0.5, 0.6) is 11.5 Å². The molecule has 5 nitrogen and oxygen atoms in total. The Morgan fingerprint density at radius 2 is 1.40 bits per heavy atom. The maximum Gasteiger partial charge on any atom is 0.200 e. The van der Waals surface area contributed by atoms with Gasteiger partial charge in [0.15, 0.2) is 0 Å². The van der Waals surface area contributed by atoms with Crippen LogP contribution in [0.3, 0.4) is 0 Å². The number of hydrogen-bond donors (Lipinski definition) is 2. The summed E-state index contributed by atoms with van der Waals surface area (Å²) >= 11 is 0. The fraction of sp³-hybridized carbons (Fsp3) is 0.160. The van der Waals surface area contributed by atoms with E-state index in [-0.39, 0.29) is 0 Å². The molecule has 0 saturated heterocycles. The molecule has 0 atom stereocenters. The van der Waals surface area contributed by atoms with E-state index in [0.29, 0.717) is 25.7 Å². The van der Waals surface area contributed by atoms with E-state index in [1.165, 1.54) is 0 Å². The van der Waals surface area contributed by atoms with Crippen molar-refractivity contribution >= 4 is 17.3 Å². The van der Waals surface area contributed by atoms with E-state index >= 15 is 0 Å². The molecule has 5 heteroatoms. The lowest BCUT2D eigenvalue weighted by Gasteiger charge is -2.14. The van der Waals surface area contributed by atoms with Gasteiger partial charge in [0, 0.05) is 11.4 Å². The third-order valence-corrected chi connectivity index (χ3v) is 4.18. The smallest absolute Gasteiger partial charge is 0.200 e. The van der Waals surface area contributed by atoms with Gasteiger partial charge in [0.1, 0.15) is 18.1 Å². The largest absolute Gasteiger partial charge is 0.494 e. The van der Waals surface area contributed by atoms with Crippen molar-refractivity contribution < 1.29 is 9.47 Å². The Hall–Kier alpha value is -3.73. The number of hydrogen-bond acceptors (Lipinski definition) is 3. The number of nitrogens with zero attached hydrogens (tertiary/aromatic N) is 1. The first-order chi connectivity index (χ1) is 14.8. The Bertz CT molecular complexity index is 936. The number of nitrogens with one attached hydrogen (secondary N) is 2. The molecule has 0 aliphatic carbocycles. The van der Waals surface area contributed by atoms with Crippen molar-refractivity contribution in [1.29, 1.82) is 0 Å². The summed E-state index contributed by atoms with van der Waals surface area (Å²) in [7, 11) is 0. The van der Waals surface area contributed by atoms with Crippen LogP contribution in [0, 0.1) is 0 Å². The van der Waals surface area contributed by atoms with Crippen LogP contribution in [-0.2, 0) is 6.54 Å². The number of guanidine groups is 1. The molecule has 0 fully saturated rings. The normalized spacial score (nSPS) is 10.9.